The number of nitrogens with zero attached hydrogens (tertiary/aromatic N) is 4. The van der Waals surface area contributed by atoms with Crippen LogP contribution in [0.2, 0.25) is 0 Å². The minimum atomic E-state index is -0.175. The molecule has 0 aromatic carbocycles. The van der Waals surface area contributed by atoms with Gasteiger partial charge in [0.1, 0.15) is 11.4 Å². The third-order valence-corrected chi connectivity index (χ3v) is 4.75. The molecule has 1 aliphatic heterocycles. The van der Waals surface area contributed by atoms with Crippen molar-refractivity contribution < 1.29 is 4.79 Å². The summed E-state index contributed by atoms with van der Waals surface area (Å²) in [5, 5.41) is 14.4. The molecule has 0 saturated carbocycles. The van der Waals surface area contributed by atoms with Crippen LogP contribution in [0.4, 0.5) is 0 Å². The molecule has 0 atom stereocenters. The number of aromatic nitrogens is 5. The van der Waals surface area contributed by atoms with Gasteiger partial charge in [-0.05, 0) is 30.3 Å². The van der Waals surface area contributed by atoms with Crippen molar-refractivity contribution in [2.45, 2.75) is 6.04 Å². The maximum atomic E-state index is 12.4. The Morgan fingerprint density at radius 2 is 2.04 bits per heavy atom. The fraction of sp³-hybridized carbons (Fsp3) is 0.150. The Kier molecular flexibility index (Phi) is 4.02. The van der Waals surface area contributed by atoms with Crippen LogP contribution in [0.5, 0.6) is 0 Å². The van der Waals surface area contributed by atoms with Gasteiger partial charge in [-0.2, -0.15) is 5.10 Å². The highest BCUT2D eigenvalue weighted by atomic mass is 16.2. The zero-order valence-corrected chi connectivity index (χ0v) is 14.9. The van der Waals surface area contributed by atoms with Crippen LogP contribution in [-0.4, -0.2) is 50.2 Å². The lowest BCUT2D eigenvalue weighted by Crippen LogP contribution is -2.57. The van der Waals surface area contributed by atoms with E-state index in [2.05, 4.69) is 35.8 Å². The first-order valence-electron chi connectivity index (χ1n) is 9.01. The molecule has 0 aliphatic carbocycles. The number of carbonyl (C=O) groups excluding carboxylic acids is 1. The van der Waals surface area contributed by atoms with Gasteiger partial charge in [-0.1, -0.05) is 6.07 Å². The Hall–Kier alpha value is -3.65. The van der Waals surface area contributed by atoms with Gasteiger partial charge in [0, 0.05) is 36.4 Å². The van der Waals surface area contributed by atoms with Gasteiger partial charge in [0.2, 0.25) is 0 Å². The number of hydrogen-bond acceptors (Lipinski definition) is 6. The quantitative estimate of drug-likeness (QED) is 0.505. The van der Waals surface area contributed by atoms with Gasteiger partial charge in [0.05, 0.1) is 29.1 Å². The molecule has 5 rings (SSSR count). The molecule has 0 bridgehead atoms. The standard InChI is InChI=1S/C20H17N7O/c28-20(24-13-9-22-10-13)16-5-1-4-15(25-16)19-14-7-17(12-3-2-6-21-8-12)23-11-18(14)26-27-19/h1-8,11,13,22H,9-10H2,(H,24,28)(H,26,27). The minimum absolute atomic E-state index is 0.164. The maximum Gasteiger partial charge on any atom is 0.270 e. The van der Waals surface area contributed by atoms with Crippen LogP contribution in [-0.2, 0) is 0 Å². The zero-order chi connectivity index (χ0) is 18.9. The van der Waals surface area contributed by atoms with Crippen molar-refractivity contribution in [3.63, 3.8) is 0 Å². The Bertz CT molecular complexity index is 1150. The molecule has 138 valence electrons. The van der Waals surface area contributed by atoms with Gasteiger partial charge < -0.3 is 10.6 Å². The van der Waals surface area contributed by atoms with Gasteiger partial charge >= 0.3 is 0 Å². The van der Waals surface area contributed by atoms with Crippen LogP contribution in [0.25, 0.3) is 33.5 Å². The molecule has 0 unspecified atom stereocenters. The van der Waals surface area contributed by atoms with E-state index in [1.807, 2.05) is 30.3 Å². The van der Waals surface area contributed by atoms with Crippen molar-refractivity contribution in [3.8, 4) is 22.6 Å². The van der Waals surface area contributed by atoms with E-state index in [-0.39, 0.29) is 11.9 Å². The number of pyridine rings is 3. The van der Waals surface area contributed by atoms with Crippen LogP contribution in [0.15, 0.2) is 55.0 Å². The predicted molar refractivity (Wildman–Crippen MR) is 104 cm³/mol. The first kappa shape index (κ1) is 16.5. The Balaban J connectivity index is 1.52. The fourth-order valence-corrected chi connectivity index (χ4v) is 3.13. The van der Waals surface area contributed by atoms with Crippen LogP contribution in [0, 0.1) is 0 Å². The molecule has 8 heteroatoms. The fourth-order valence-electron chi connectivity index (χ4n) is 3.13. The molecule has 3 N–H and O–H groups in total. The monoisotopic (exact) mass is 371 g/mol. The van der Waals surface area contributed by atoms with Gasteiger partial charge in [-0.3, -0.25) is 19.9 Å². The van der Waals surface area contributed by atoms with Crippen molar-refractivity contribution in [1.82, 2.24) is 35.8 Å². The van der Waals surface area contributed by atoms with Crippen LogP contribution >= 0.6 is 0 Å². The molecule has 4 aromatic heterocycles. The first-order valence-corrected chi connectivity index (χ1v) is 9.01. The van der Waals surface area contributed by atoms with Crippen LogP contribution in [0.1, 0.15) is 10.5 Å². The molecular weight excluding hydrogens is 354 g/mol. The lowest BCUT2D eigenvalue weighted by Gasteiger charge is -2.27. The Labute approximate surface area is 160 Å². The number of H-pyrrole nitrogens is 1. The maximum absolute atomic E-state index is 12.4. The SMILES string of the molecule is O=C(NC1CNC1)c1cccc(-c2n[nH]c3cnc(-c4cccnc4)cc23)n1. The normalized spacial score (nSPS) is 14.0. The van der Waals surface area contributed by atoms with E-state index in [1.54, 1.807) is 24.7 Å². The Morgan fingerprint density at radius 3 is 2.82 bits per heavy atom. The molecular formula is C20H17N7O. The number of rotatable bonds is 4. The smallest absolute Gasteiger partial charge is 0.270 e. The van der Waals surface area contributed by atoms with E-state index in [0.717, 1.165) is 35.2 Å². The average Bonchev–Trinajstić information content (AvgIpc) is 3.14. The van der Waals surface area contributed by atoms with Crippen molar-refractivity contribution in [3.05, 3.63) is 60.7 Å². The highest BCUT2D eigenvalue weighted by Crippen LogP contribution is 2.28. The lowest BCUT2D eigenvalue weighted by molar-refractivity contribution is 0.0919. The van der Waals surface area contributed by atoms with Crippen molar-refractivity contribution >= 4 is 16.8 Å². The second kappa shape index (κ2) is 6.82. The number of carbonyl (C=O) groups is 1. The molecule has 4 aromatic rings. The van der Waals surface area contributed by atoms with E-state index < -0.39 is 0 Å². The third kappa shape index (κ3) is 2.99. The summed E-state index contributed by atoms with van der Waals surface area (Å²) >= 11 is 0. The summed E-state index contributed by atoms with van der Waals surface area (Å²) in [6.45, 7) is 1.58. The molecule has 1 fully saturated rings. The second-order valence-corrected chi connectivity index (χ2v) is 6.67. The molecule has 5 heterocycles. The topological polar surface area (TPSA) is 108 Å². The summed E-state index contributed by atoms with van der Waals surface area (Å²) in [5.41, 5.74) is 4.22. The largest absolute Gasteiger partial charge is 0.345 e. The highest BCUT2D eigenvalue weighted by Gasteiger charge is 2.21. The summed E-state index contributed by atoms with van der Waals surface area (Å²) in [6.07, 6.45) is 5.24. The summed E-state index contributed by atoms with van der Waals surface area (Å²) in [7, 11) is 0. The van der Waals surface area contributed by atoms with Gasteiger partial charge in [0.25, 0.3) is 5.91 Å². The molecule has 8 nitrogen and oxygen atoms in total. The number of fused-ring (bicyclic) bond motifs is 1. The van der Waals surface area contributed by atoms with Gasteiger partial charge in [0.15, 0.2) is 0 Å². The summed E-state index contributed by atoms with van der Waals surface area (Å²) in [4.78, 5) is 25.6. The molecule has 1 amide bonds. The molecule has 28 heavy (non-hydrogen) atoms. The van der Waals surface area contributed by atoms with E-state index in [1.165, 1.54) is 0 Å². The van der Waals surface area contributed by atoms with Gasteiger partial charge in [-0.15, -0.1) is 0 Å². The van der Waals surface area contributed by atoms with Crippen LogP contribution < -0.4 is 10.6 Å². The van der Waals surface area contributed by atoms with Crippen LogP contribution in [0.3, 0.4) is 0 Å². The lowest BCUT2D eigenvalue weighted by atomic mass is 10.1. The van der Waals surface area contributed by atoms with E-state index in [4.69, 9.17) is 0 Å². The highest BCUT2D eigenvalue weighted by molar-refractivity contribution is 5.96. The Morgan fingerprint density at radius 1 is 1.11 bits per heavy atom. The summed E-state index contributed by atoms with van der Waals surface area (Å²) < 4.78 is 0. The first-order chi connectivity index (χ1) is 13.8. The molecule has 1 aliphatic rings. The van der Waals surface area contributed by atoms with E-state index in [9.17, 15) is 4.79 Å². The third-order valence-electron chi connectivity index (χ3n) is 4.75. The minimum Gasteiger partial charge on any atom is -0.345 e. The second-order valence-electron chi connectivity index (χ2n) is 6.67. The van der Waals surface area contributed by atoms with Gasteiger partial charge in [-0.25, -0.2) is 4.98 Å². The summed E-state index contributed by atoms with van der Waals surface area (Å²) in [5.74, 6) is -0.175. The zero-order valence-electron chi connectivity index (χ0n) is 14.9. The van der Waals surface area contributed by atoms with Crippen molar-refractivity contribution in [1.29, 1.82) is 0 Å². The number of aromatic amines is 1. The predicted octanol–water partition coefficient (Wildman–Crippen LogP) is 1.78. The molecule has 0 spiro atoms. The van der Waals surface area contributed by atoms with Crippen molar-refractivity contribution in [2.24, 2.45) is 0 Å². The average molecular weight is 371 g/mol. The van der Waals surface area contributed by atoms with E-state index in [0.29, 0.717) is 17.1 Å². The molecule has 0 radical (unpaired) electrons. The number of hydrogen-bond donors (Lipinski definition) is 3. The number of nitrogens with one attached hydrogen (secondary N) is 3. The van der Waals surface area contributed by atoms with Crippen molar-refractivity contribution in [2.75, 3.05) is 13.1 Å². The molecule has 1 saturated heterocycles. The number of amides is 1. The van der Waals surface area contributed by atoms with E-state index >= 15 is 0 Å². The summed E-state index contributed by atoms with van der Waals surface area (Å²) in [6, 6.07) is 11.3.